The topological polar surface area (TPSA) is 57.4 Å². The highest BCUT2D eigenvalue weighted by Gasteiger charge is 2.13. The third kappa shape index (κ3) is 4.20. The van der Waals surface area contributed by atoms with Crippen LogP contribution < -0.4 is 10.1 Å². The minimum atomic E-state index is -0.114. The van der Waals surface area contributed by atoms with E-state index >= 15 is 0 Å². The van der Waals surface area contributed by atoms with E-state index in [1.54, 1.807) is 12.1 Å². The molecule has 28 heavy (non-hydrogen) atoms. The van der Waals surface area contributed by atoms with E-state index in [1.165, 1.54) is 36.9 Å². The van der Waals surface area contributed by atoms with Gasteiger partial charge in [0.05, 0.1) is 6.61 Å². The third-order valence-electron chi connectivity index (χ3n) is 5.35. The molecule has 1 aliphatic rings. The van der Waals surface area contributed by atoms with Crippen molar-refractivity contribution in [2.45, 2.75) is 26.2 Å². The first-order valence-electron chi connectivity index (χ1n) is 10.1. The van der Waals surface area contributed by atoms with E-state index in [1.807, 2.05) is 31.2 Å². The zero-order chi connectivity index (χ0) is 19.3. The standard InChI is InChI=1S/C23H27N3O2/c1-2-28-20-8-5-17(6-9-20)23(27)25-19-7-10-22-21(15-19)18(16-24-22)11-14-26-12-3-4-13-26/h5-10,15-16,24H,2-4,11-14H2,1H3,(H,25,27). The van der Waals surface area contributed by atoms with Gasteiger partial charge in [0, 0.05) is 34.9 Å². The van der Waals surface area contributed by atoms with Crippen molar-refractivity contribution in [1.82, 2.24) is 9.88 Å². The number of likely N-dealkylation sites (tertiary alicyclic amines) is 1. The Balaban J connectivity index is 1.45. The van der Waals surface area contributed by atoms with Crippen molar-refractivity contribution in [3.05, 3.63) is 59.8 Å². The van der Waals surface area contributed by atoms with Crippen molar-refractivity contribution >= 4 is 22.5 Å². The number of carbonyl (C=O) groups excluding carboxylic acids is 1. The average Bonchev–Trinajstić information content (AvgIpc) is 3.36. The molecular weight excluding hydrogens is 350 g/mol. The maximum absolute atomic E-state index is 12.6. The first-order chi connectivity index (χ1) is 13.7. The van der Waals surface area contributed by atoms with Crippen molar-refractivity contribution in [2.24, 2.45) is 0 Å². The van der Waals surface area contributed by atoms with Crippen molar-refractivity contribution in [3.8, 4) is 5.75 Å². The number of rotatable bonds is 7. The Morgan fingerprint density at radius 1 is 1.14 bits per heavy atom. The second kappa shape index (κ2) is 8.48. The lowest BCUT2D eigenvalue weighted by Crippen LogP contribution is -2.21. The highest BCUT2D eigenvalue weighted by molar-refractivity contribution is 6.05. The predicted molar refractivity (Wildman–Crippen MR) is 113 cm³/mol. The van der Waals surface area contributed by atoms with Gasteiger partial charge in [-0.1, -0.05) is 0 Å². The number of benzene rings is 2. The smallest absolute Gasteiger partial charge is 0.255 e. The van der Waals surface area contributed by atoms with E-state index in [9.17, 15) is 4.79 Å². The van der Waals surface area contributed by atoms with Crippen LogP contribution in [0.2, 0.25) is 0 Å². The Labute approximate surface area is 165 Å². The van der Waals surface area contributed by atoms with E-state index in [0.717, 1.165) is 29.9 Å². The molecule has 0 saturated carbocycles. The molecule has 0 bridgehead atoms. The maximum Gasteiger partial charge on any atom is 0.255 e. The summed E-state index contributed by atoms with van der Waals surface area (Å²) in [7, 11) is 0. The monoisotopic (exact) mass is 377 g/mol. The third-order valence-corrected chi connectivity index (χ3v) is 5.35. The van der Waals surface area contributed by atoms with E-state index in [0.29, 0.717) is 12.2 Å². The van der Waals surface area contributed by atoms with Crippen LogP contribution in [-0.2, 0) is 6.42 Å². The van der Waals surface area contributed by atoms with Crippen LogP contribution in [0.4, 0.5) is 5.69 Å². The Morgan fingerprint density at radius 2 is 1.93 bits per heavy atom. The number of ether oxygens (including phenoxy) is 1. The first-order valence-corrected chi connectivity index (χ1v) is 10.1. The number of nitrogens with zero attached hydrogens (tertiary/aromatic N) is 1. The molecule has 2 N–H and O–H groups in total. The summed E-state index contributed by atoms with van der Waals surface area (Å²) in [5.74, 6) is 0.659. The van der Waals surface area contributed by atoms with Gasteiger partial charge in [-0.15, -0.1) is 0 Å². The number of hydrogen-bond acceptors (Lipinski definition) is 3. The number of anilines is 1. The summed E-state index contributed by atoms with van der Waals surface area (Å²) in [6, 6.07) is 13.3. The fourth-order valence-corrected chi connectivity index (χ4v) is 3.82. The fourth-order valence-electron chi connectivity index (χ4n) is 3.82. The zero-order valence-electron chi connectivity index (χ0n) is 16.3. The molecule has 5 nitrogen and oxygen atoms in total. The maximum atomic E-state index is 12.6. The van der Waals surface area contributed by atoms with Gasteiger partial charge in [-0.05, 0) is 87.3 Å². The van der Waals surface area contributed by atoms with Gasteiger partial charge < -0.3 is 19.9 Å². The molecule has 0 radical (unpaired) electrons. The molecule has 146 valence electrons. The average molecular weight is 377 g/mol. The molecular formula is C23H27N3O2. The van der Waals surface area contributed by atoms with Gasteiger partial charge in [-0.25, -0.2) is 0 Å². The first kappa shape index (κ1) is 18.6. The lowest BCUT2D eigenvalue weighted by Gasteiger charge is -2.13. The van der Waals surface area contributed by atoms with Gasteiger partial charge in [0.1, 0.15) is 5.75 Å². The lowest BCUT2D eigenvalue weighted by molar-refractivity contribution is 0.102. The Morgan fingerprint density at radius 3 is 2.68 bits per heavy atom. The van der Waals surface area contributed by atoms with Crippen molar-refractivity contribution < 1.29 is 9.53 Å². The van der Waals surface area contributed by atoms with Crippen molar-refractivity contribution in [3.63, 3.8) is 0 Å². The number of hydrogen-bond donors (Lipinski definition) is 2. The van der Waals surface area contributed by atoms with Gasteiger partial charge in [0.15, 0.2) is 0 Å². The summed E-state index contributed by atoms with van der Waals surface area (Å²) in [6.07, 6.45) is 5.75. The van der Waals surface area contributed by atoms with Crippen LogP contribution in [0.15, 0.2) is 48.7 Å². The van der Waals surface area contributed by atoms with E-state index in [2.05, 4.69) is 27.5 Å². The summed E-state index contributed by atoms with van der Waals surface area (Å²) in [5.41, 5.74) is 3.84. The predicted octanol–water partition coefficient (Wildman–Crippen LogP) is 4.46. The second-order valence-corrected chi connectivity index (χ2v) is 7.28. The van der Waals surface area contributed by atoms with Crippen LogP contribution in [0.25, 0.3) is 10.9 Å². The van der Waals surface area contributed by atoms with Crippen LogP contribution in [-0.4, -0.2) is 42.0 Å². The van der Waals surface area contributed by atoms with Crippen LogP contribution in [0.1, 0.15) is 35.7 Å². The minimum Gasteiger partial charge on any atom is -0.494 e. The van der Waals surface area contributed by atoms with E-state index in [-0.39, 0.29) is 5.91 Å². The molecule has 1 aliphatic heterocycles. The summed E-state index contributed by atoms with van der Waals surface area (Å²) >= 11 is 0. The second-order valence-electron chi connectivity index (χ2n) is 7.28. The molecule has 3 aromatic rings. The highest BCUT2D eigenvalue weighted by atomic mass is 16.5. The van der Waals surface area contributed by atoms with Gasteiger partial charge in [0.25, 0.3) is 5.91 Å². The van der Waals surface area contributed by atoms with Gasteiger partial charge in [-0.2, -0.15) is 0 Å². The highest BCUT2D eigenvalue weighted by Crippen LogP contribution is 2.24. The molecule has 0 aliphatic carbocycles. The number of nitrogens with one attached hydrogen (secondary N) is 2. The Bertz CT molecular complexity index is 940. The normalized spacial score (nSPS) is 14.5. The number of aromatic amines is 1. The lowest BCUT2D eigenvalue weighted by atomic mass is 10.1. The van der Waals surface area contributed by atoms with Crippen LogP contribution >= 0.6 is 0 Å². The fraction of sp³-hybridized carbons (Fsp3) is 0.348. The molecule has 2 aromatic carbocycles. The molecule has 0 spiro atoms. The summed E-state index contributed by atoms with van der Waals surface area (Å²) < 4.78 is 5.43. The van der Waals surface area contributed by atoms with Gasteiger partial charge >= 0.3 is 0 Å². The van der Waals surface area contributed by atoms with Gasteiger partial charge in [-0.3, -0.25) is 4.79 Å². The number of fused-ring (bicyclic) bond motifs is 1. The molecule has 5 heteroatoms. The number of aromatic nitrogens is 1. The molecule has 1 saturated heterocycles. The van der Waals surface area contributed by atoms with Crippen LogP contribution in [0.5, 0.6) is 5.75 Å². The molecule has 1 aromatic heterocycles. The van der Waals surface area contributed by atoms with Crippen molar-refractivity contribution in [1.29, 1.82) is 0 Å². The van der Waals surface area contributed by atoms with Crippen LogP contribution in [0, 0.1) is 0 Å². The number of amides is 1. The minimum absolute atomic E-state index is 0.114. The molecule has 2 heterocycles. The van der Waals surface area contributed by atoms with Gasteiger partial charge in [0.2, 0.25) is 0 Å². The van der Waals surface area contributed by atoms with Crippen LogP contribution in [0.3, 0.4) is 0 Å². The van der Waals surface area contributed by atoms with E-state index < -0.39 is 0 Å². The molecule has 4 rings (SSSR count). The summed E-state index contributed by atoms with van der Waals surface area (Å²) in [4.78, 5) is 18.4. The zero-order valence-corrected chi connectivity index (χ0v) is 16.3. The van der Waals surface area contributed by atoms with E-state index in [4.69, 9.17) is 4.74 Å². The quantitative estimate of drug-likeness (QED) is 0.639. The largest absolute Gasteiger partial charge is 0.494 e. The summed E-state index contributed by atoms with van der Waals surface area (Å²) in [6.45, 7) is 6.08. The molecule has 0 unspecified atom stereocenters. The Hall–Kier alpha value is -2.79. The number of carbonyl (C=O) groups is 1. The SMILES string of the molecule is CCOc1ccc(C(=O)Nc2ccc3[nH]cc(CCN4CCCC4)c3c2)cc1. The molecule has 1 fully saturated rings. The summed E-state index contributed by atoms with van der Waals surface area (Å²) in [5, 5.41) is 4.20. The Kier molecular flexibility index (Phi) is 5.63. The molecule has 1 amide bonds. The molecule has 0 atom stereocenters. The van der Waals surface area contributed by atoms with Crippen molar-refractivity contribution in [2.75, 3.05) is 31.6 Å². The number of H-pyrrole nitrogens is 1.